The summed E-state index contributed by atoms with van der Waals surface area (Å²) in [5, 5.41) is 9.62. The molecule has 0 radical (unpaired) electrons. The molecule has 2 saturated heterocycles. The lowest BCUT2D eigenvalue weighted by molar-refractivity contribution is -0.141. The van der Waals surface area contributed by atoms with Crippen LogP contribution in [0.1, 0.15) is 61.6 Å². The van der Waals surface area contributed by atoms with E-state index in [0.717, 1.165) is 42.5 Å². The van der Waals surface area contributed by atoms with E-state index in [9.17, 15) is 19.2 Å². The highest BCUT2D eigenvalue weighted by atomic mass is 16.2. The Kier molecular flexibility index (Phi) is 10.2. The standard InChI is InChI=1S/C40H48N6O4/c47-36(42-32-16-6-2-7-17-32)27-45-28-46(33-18-8-3-9-19-33)40(39(45)50)20-22-44(23-21-40)38(49)35(24-29-12-4-1-5-13-29)43-37(48)34-25-30-14-10-11-15-31(30)26-41-34/h1,3-5,8-15,18-19,32,34-35,41H,2,6-7,16-17,20-28H2,(H,42,47)(H,43,48). The maximum Gasteiger partial charge on any atom is 0.250 e. The summed E-state index contributed by atoms with van der Waals surface area (Å²) >= 11 is 0. The van der Waals surface area contributed by atoms with Gasteiger partial charge in [-0.1, -0.05) is 92.1 Å². The van der Waals surface area contributed by atoms with Crippen molar-refractivity contribution in [3.05, 3.63) is 102 Å². The molecule has 262 valence electrons. The number of fused-ring (bicyclic) bond motifs is 1. The fourth-order valence-electron chi connectivity index (χ4n) is 8.30. The Morgan fingerprint density at radius 2 is 1.50 bits per heavy atom. The fourth-order valence-corrected chi connectivity index (χ4v) is 8.30. The van der Waals surface area contributed by atoms with Crippen molar-refractivity contribution in [1.29, 1.82) is 0 Å². The predicted octanol–water partition coefficient (Wildman–Crippen LogP) is 3.54. The molecule has 0 aromatic heterocycles. The van der Waals surface area contributed by atoms with Crippen LogP contribution in [0, 0.1) is 0 Å². The monoisotopic (exact) mass is 676 g/mol. The minimum Gasteiger partial charge on any atom is -0.352 e. The second-order valence-corrected chi connectivity index (χ2v) is 14.3. The van der Waals surface area contributed by atoms with E-state index in [2.05, 4.69) is 33.0 Å². The van der Waals surface area contributed by atoms with Crippen molar-refractivity contribution in [2.75, 3.05) is 31.2 Å². The van der Waals surface area contributed by atoms with Crippen LogP contribution in [0.25, 0.3) is 0 Å². The molecule has 3 aromatic rings. The third kappa shape index (κ3) is 7.26. The number of carbonyl (C=O) groups is 4. The van der Waals surface area contributed by atoms with Crippen molar-refractivity contribution in [1.82, 2.24) is 25.8 Å². The summed E-state index contributed by atoms with van der Waals surface area (Å²) in [6.45, 7) is 1.68. The van der Waals surface area contributed by atoms with Gasteiger partial charge in [-0.25, -0.2) is 0 Å². The first kappa shape index (κ1) is 33.8. The van der Waals surface area contributed by atoms with Crippen molar-refractivity contribution in [2.24, 2.45) is 0 Å². The van der Waals surface area contributed by atoms with Gasteiger partial charge in [0, 0.05) is 37.8 Å². The highest BCUT2D eigenvalue weighted by Crippen LogP contribution is 2.39. The van der Waals surface area contributed by atoms with E-state index in [4.69, 9.17) is 0 Å². The Bertz CT molecular complexity index is 1670. The van der Waals surface area contributed by atoms with E-state index in [-0.39, 0.29) is 36.2 Å². The average molecular weight is 677 g/mol. The summed E-state index contributed by atoms with van der Waals surface area (Å²) < 4.78 is 0. The molecule has 2 unspecified atom stereocenters. The van der Waals surface area contributed by atoms with E-state index in [0.29, 0.717) is 52.0 Å². The van der Waals surface area contributed by atoms with E-state index in [1.165, 1.54) is 12.0 Å². The molecule has 1 spiro atoms. The maximum atomic E-state index is 14.3. The fraction of sp³-hybridized carbons (Fsp3) is 0.450. The summed E-state index contributed by atoms with van der Waals surface area (Å²) in [6, 6.07) is 26.7. The summed E-state index contributed by atoms with van der Waals surface area (Å²) in [5.41, 5.74) is 3.35. The quantitative estimate of drug-likeness (QED) is 0.320. The summed E-state index contributed by atoms with van der Waals surface area (Å²) in [5.74, 6) is -0.511. The van der Waals surface area contributed by atoms with Crippen LogP contribution in [-0.4, -0.2) is 83.4 Å². The Morgan fingerprint density at radius 3 is 2.22 bits per heavy atom. The predicted molar refractivity (Wildman–Crippen MR) is 192 cm³/mol. The van der Waals surface area contributed by atoms with Gasteiger partial charge in [-0.05, 0) is 60.9 Å². The van der Waals surface area contributed by atoms with Gasteiger partial charge in [0.05, 0.1) is 12.7 Å². The van der Waals surface area contributed by atoms with Crippen molar-refractivity contribution >= 4 is 29.3 Å². The van der Waals surface area contributed by atoms with Crippen LogP contribution in [0.4, 0.5) is 5.69 Å². The third-order valence-corrected chi connectivity index (χ3v) is 11.1. The molecular weight excluding hydrogens is 628 g/mol. The third-order valence-electron chi connectivity index (χ3n) is 11.1. The lowest BCUT2D eigenvalue weighted by atomic mass is 9.85. The SMILES string of the molecule is O=C(CN1CN(c2ccccc2)C2(CCN(C(=O)C(Cc3ccccc3)NC(=O)C3Cc4ccccc4CN3)CC2)C1=O)NC1CCCCC1. The van der Waals surface area contributed by atoms with Gasteiger partial charge in [0.2, 0.25) is 17.7 Å². The average Bonchev–Trinajstić information content (AvgIpc) is 3.41. The first-order valence-electron chi connectivity index (χ1n) is 18.2. The molecule has 4 aliphatic rings. The summed E-state index contributed by atoms with van der Waals surface area (Å²) in [7, 11) is 0. The van der Waals surface area contributed by atoms with Gasteiger partial charge in [-0.3, -0.25) is 19.2 Å². The van der Waals surface area contributed by atoms with Crippen LogP contribution in [0.2, 0.25) is 0 Å². The van der Waals surface area contributed by atoms with Crippen molar-refractivity contribution in [2.45, 2.75) is 88.0 Å². The number of piperidine rings is 1. The molecule has 3 aromatic carbocycles. The molecule has 3 heterocycles. The number of nitrogens with one attached hydrogen (secondary N) is 3. The Hall–Kier alpha value is -4.70. The first-order valence-corrected chi connectivity index (χ1v) is 18.2. The number of para-hydroxylation sites is 1. The summed E-state index contributed by atoms with van der Waals surface area (Å²) in [6.07, 6.45) is 7.21. The zero-order valence-electron chi connectivity index (χ0n) is 28.7. The number of nitrogens with zero attached hydrogens (tertiary/aromatic N) is 3. The highest BCUT2D eigenvalue weighted by Gasteiger charge is 2.54. The second kappa shape index (κ2) is 15.0. The number of hydrogen-bond acceptors (Lipinski definition) is 6. The van der Waals surface area contributed by atoms with Gasteiger partial charge >= 0.3 is 0 Å². The molecule has 50 heavy (non-hydrogen) atoms. The van der Waals surface area contributed by atoms with E-state index in [1.807, 2.05) is 72.8 Å². The number of carbonyl (C=O) groups excluding carboxylic acids is 4. The molecule has 3 N–H and O–H groups in total. The van der Waals surface area contributed by atoms with Crippen LogP contribution in [0.5, 0.6) is 0 Å². The Balaban J connectivity index is 1.05. The molecule has 2 atom stereocenters. The smallest absolute Gasteiger partial charge is 0.250 e. The number of hydrogen-bond donors (Lipinski definition) is 3. The number of rotatable bonds is 9. The Labute approximate surface area is 294 Å². The highest BCUT2D eigenvalue weighted by molar-refractivity contribution is 5.97. The van der Waals surface area contributed by atoms with Crippen molar-refractivity contribution in [3.63, 3.8) is 0 Å². The van der Waals surface area contributed by atoms with Crippen LogP contribution in [-0.2, 0) is 38.6 Å². The molecule has 1 aliphatic carbocycles. The second-order valence-electron chi connectivity index (χ2n) is 14.3. The maximum absolute atomic E-state index is 14.3. The zero-order valence-corrected chi connectivity index (χ0v) is 28.7. The van der Waals surface area contributed by atoms with E-state index >= 15 is 0 Å². The first-order chi connectivity index (χ1) is 24.4. The van der Waals surface area contributed by atoms with Gasteiger partial charge in [-0.15, -0.1) is 0 Å². The molecule has 4 amide bonds. The molecule has 1 saturated carbocycles. The molecule has 7 rings (SSSR count). The van der Waals surface area contributed by atoms with Crippen LogP contribution >= 0.6 is 0 Å². The Morgan fingerprint density at radius 1 is 0.840 bits per heavy atom. The zero-order chi connectivity index (χ0) is 34.5. The number of likely N-dealkylation sites (tertiary alicyclic amines) is 1. The van der Waals surface area contributed by atoms with Crippen molar-refractivity contribution < 1.29 is 19.2 Å². The van der Waals surface area contributed by atoms with Gasteiger partial charge in [0.15, 0.2) is 0 Å². The molecule has 3 aliphatic heterocycles. The van der Waals surface area contributed by atoms with Crippen LogP contribution in [0.15, 0.2) is 84.9 Å². The van der Waals surface area contributed by atoms with Gasteiger partial charge in [0.25, 0.3) is 5.91 Å². The minimum atomic E-state index is -0.860. The molecule has 10 heteroatoms. The van der Waals surface area contributed by atoms with Crippen LogP contribution in [0.3, 0.4) is 0 Å². The number of benzene rings is 3. The number of anilines is 1. The van der Waals surface area contributed by atoms with E-state index < -0.39 is 17.6 Å². The molecular formula is C40H48N6O4. The van der Waals surface area contributed by atoms with Gasteiger partial charge in [0.1, 0.15) is 18.1 Å². The topological polar surface area (TPSA) is 114 Å². The summed E-state index contributed by atoms with van der Waals surface area (Å²) in [4.78, 5) is 61.0. The van der Waals surface area contributed by atoms with Gasteiger partial charge in [-0.2, -0.15) is 0 Å². The largest absolute Gasteiger partial charge is 0.352 e. The van der Waals surface area contributed by atoms with Crippen LogP contribution < -0.4 is 20.9 Å². The minimum absolute atomic E-state index is 0.0217. The normalized spacial score (nSPS) is 21.1. The molecule has 10 nitrogen and oxygen atoms in total. The lowest BCUT2D eigenvalue weighted by Gasteiger charge is -2.44. The van der Waals surface area contributed by atoms with Crippen molar-refractivity contribution in [3.8, 4) is 0 Å². The molecule has 0 bridgehead atoms. The number of amides is 4. The van der Waals surface area contributed by atoms with E-state index in [1.54, 1.807) is 9.80 Å². The lowest BCUT2D eigenvalue weighted by Crippen LogP contribution is -2.60. The molecule has 3 fully saturated rings. The van der Waals surface area contributed by atoms with Gasteiger partial charge < -0.3 is 30.7 Å².